The van der Waals surface area contributed by atoms with Crippen molar-refractivity contribution in [3.05, 3.63) is 107 Å². The quantitative estimate of drug-likeness (QED) is 0.176. The fourth-order valence-corrected chi connectivity index (χ4v) is 3.47. The summed E-state index contributed by atoms with van der Waals surface area (Å²) in [6, 6.07) is 24.8. The van der Waals surface area contributed by atoms with Gasteiger partial charge in [0.2, 0.25) is 0 Å². The number of hydrogen-bond donors (Lipinski definition) is 0. The van der Waals surface area contributed by atoms with Crippen LogP contribution >= 0.6 is 0 Å². The summed E-state index contributed by atoms with van der Waals surface area (Å²) in [6.45, 7) is -0.0446. The lowest BCUT2D eigenvalue weighted by molar-refractivity contribution is -0.145. The molecule has 0 aromatic heterocycles. The summed E-state index contributed by atoms with van der Waals surface area (Å²) in [6.07, 6.45) is 1.32. The second kappa shape index (κ2) is 15.6. The van der Waals surface area contributed by atoms with Gasteiger partial charge in [0.1, 0.15) is 26.4 Å². The Balaban J connectivity index is 1.27. The molecule has 198 valence electrons. The molecule has 0 bridgehead atoms. The van der Waals surface area contributed by atoms with Crippen LogP contribution in [0.1, 0.15) is 44.7 Å². The van der Waals surface area contributed by atoms with Crippen LogP contribution in [-0.4, -0.2) is 50.3 Å². The molecule has 3 aromatic carbocycles. The lowest BCUT2D eigenvalue weighted by Gasteiger charge is -2.08. The Morgan fingerprint density at radius 1 is 0.474 bits per heavy atom. The van der Waals surface area contributed by atoms with E-state index in [0.29, 0.717) is 24.0 Å². The molecule has 8 heteroatoms. The zero-order valence-electron chi connectivity index (χ0n) is 21.0. The Morgan fingerprint density at radius 2 is 0.868 bits per heavy atom. The van der Waals surface area contributed by atoms with Crippen LogP contribution in [0.15, 0.2) is 84.9 Å². The van der Waals surface area contributed by atoms with Crippen LogP contribution in [0.25, 0.3) is 0 Å². The Morgan fingerprint density at radius 3 is 1.29 bits per heavy atom. The molecule has 0 atom stereocenters. The summed E-state index contributed by atoms with van der Waals surface area (Å²) in [5.74, 6) is -1.70. The van der Waals surface area contributed by atoms with Crippen LogP contribution < -0.4 is 0 Å². The van der Waals surface area contributed by atoms with Crippen LogP contribution in [0.3, 0.4) is 0 Å². The maximum atomic E-state index is 12.0. The Hall–Kier alpha value is -4.46. The highest BCUT2D eigenvalue weighted by atomic mass is 16.6. The standard InChI is InChI=1S/C30H30O8/c31-27(35-18-20-37-29(33)25-10-3-1-4-11-25)16-14-23-8-7-9-24(22-23)15-17-28(32)36-19-21-38-30(34)26-12-5-2-6-13-26/h1-13,22H,14-21H2. The van der Waals surface area contributed by atoms with Gasteiger partial charge in [0.25, 0.3) is 0 Å². The van der Waals surface area contributed by atoms with Gasteiger partial charge in [-0.25, -0.2) is 9.59 Å². The van der Waals surface area contributed by atoms with Crippen LogP contribution in [0.5, 0.6) is 0 Å². The van der Waals surface area contributed by atoms with Gasteiger partial charge in [-0.3, -0.25) is 9.59 Å². The number of benzene rings is 3. The lowest BCUT2D eigenvalue weighted by atomic mass is 10.0. The molecule has 0 aliphatic carbocycles. The van der Waals surface area contributed by atoms with Crippen molar-refractivity contribution in [1.29, 1.82) is 0 Å². The van der Waals surface area contributed by atoms with Crippen LogP contribution in [-0.2, 0) is 41.4 Å². The van der Waals surface area contributed by atoms with E-state index in [4.69, 9.17) is 18.9 Å². The smallest absolute Gasteiger partial charge is 0.338 e. The molecule has 0 saturated heterocycles. The van der Waals surface area contributed by atoms with Crippen molar-refractivity contribution >= 4 is 23.9 Å². The van der Waals surface area contributed by atoms with Gasteiger partial charge >= 0.3 is 23.9 Å². The minimum atomic E-state index is -0.464. The van der Waals surface area contributed by atoms with Crippen LogP contribution in [0.4, 0.5) is 0 Å². The first-order valence-electron chi connectivity index (χ1n) is 12.3. The molecule has 38 heavy (non-hydrogen) atoms. The fourth-order valence-electron chi connectivity index (χ4n) is 3.47. The van der Waals surface area contributed by atoms with Crippen molar-refractivity contribution in [2.45, 2.75) is 25.7 Å². The summed E-state index contributed by atoms with van der Waals surface area (Å²) in [5.41, 5.74) is 2.76. The van der Waals surface area contributed by atoms with E-state index in [1.54, 1.807) is 60.7 Å². The van der Waals surface area contributed by atoms with E-state index >= 15 is 0 Å². The molecule has 3 rings (SSSR count). The fraction of sp³-hybridized carbons (Fsp3) is 0.267. The number of esters is 4. The molecule has 0 N–H and O–H groups in total. The Kier molecular flexibility index (Phi) is 11.5. The van der Waals surface area contributed by atoms with Crippen molar-refractivity contribution in [3.63, 3.8) is 0 Å². The predicted octanol–water partition coefficient (Wildman–Crippen LogP) is 4.35. The summed E-state index contributed by atoms with van der Waals surface area (Å²) < 4.78 is 20.4. The maximum Gasteiger partial charge on any atom is 0.338 e. The average Bonchev–Trinajstić information content (AvgIpc) is 2.96. The zero-order chi connectivity index (χ0) is 27.0. The van der Waals surface area contributed by atoms with Gasteiger partial charge in [-0.05, 0) is 48.2 Å². The highest BCUT2D eigenvalue weighted by Gasteiger charge is 2.10. The second-order valence-electron chi connectivity index (χ2n) is 8.26. The van der Waals surface area contributed by atoms with Gasteiger partial charge in [-0.15, -0.1) is 0 Å². The van der Waals surface area contributed by atoms with Gasteiger partial charge in [-0.1, -0.05) is 60.7 Å². The van der Waals surface area contributed by atoms with Crippen molar-refractivity contribution in [2.75, 3.05) is 26.4 Å². The Bertz CT molecular complexity index is 1100. The molecular weight excluding hydrogens is 488 g/mol. The lowest BCUT2D eigenvalue weighted by Crippen LogP contribution is -2.14. The predicted molar refractivity (Wildman–Crippen MR) is 138 cm³/mol. The van der Waals surface area contributed by atoms with E-state index in [1.807, 2.05) is 24.3 Å². The number of carbonyl (C=O) groups excluding carboxylic acids is 4. The molecule has 3 aromatic rings. The second-order valence-corrected chi connectivity index (χ2v) is 8.26. The van der Waals surface area contributed by atoms with E-state index < -0.39 is 11.9 Å². The maximum absolute atomic E-state index is 12.0. The normalized spacial score (nSPS) is 10.3. The molecule has 0 saturated carbocycles. The number of aryl methyl sites for hydroxylation is 2. The van der Waals surface area contributed by atoms with E-state index in [0.717, 1.165) is 11.1 Å². The van der Waals surface area contributed by atoms with Crippen LogP contribution in [0.2, 0.25) is 0 Å². The first-order valence-corrected chi connectivity index (χ1v) is 12.3. The van der Waals surface area contributed by atoms with Gasteiger partial charge in [0, 0.05) is 12.8 Å². The molecule has 0 spiro atoms. The van der Waals surface area contributed by atoms with E-state index in [1.165, 1.54) is 0 Å². The Labute approximate surface area is 221 Å². The molecular formula is C30H30O8. The zero-order valence-corrected chi connectivity index (χ0v) is 21.0. The van der Waals surface area contributed by atoms with E-state index in [2.05, 4.69) is 0 Å². The van der Waals surface area contributed by atoms with Crippen molar-refractivity contribution in [2.24, 2.45) is 0 Å². The number of ether oxygens (including phenoxy) is 4. The largest absolute Gasteiger partial charge is 0.462 e. The molecule has 0 unspecified atom stereocenters. The van der Waals surface area contributed by atoms with Gasteiger partial charge in [0.15, 0.2) is 0 Å². The third-order valence-corrected chi connectivity index (χ3v) is 5.41. The number of carbonyl (C=O) groups is 4. The summed E-state index contributed by atoms with van der Waals surface area (Å²) in [4.78, 5) is 47.8. The molecule has 0 aliphatic heterocycles. The van der Waals surface area contributed by atoms with E-state index in [9.17, 15) is 19.2 Å². The molecule has 0 amide bonds. The minimum absolute atomic E-state index is 0.00891. The molecule has 8 nitrogen and oxygen atoms in total. The third kappa shape index (κ3) is 10.3. The summed E-state index contributed by atoms with van der Waals surface area (Å²) in [5, 5.41) is 0. The molecule has 0 radical (unpaired) electrons. The average molecular weight is 519 g/mol. The van der Waals surface area contributed by atoms with E-state index in [-0.39, 0.29) is 51.2 Å². The number of hydrogen-bond acceptors (Lipinski definition) is 8. The monoisotopic (exact) mass is 518 g/mol. The van der Waals surface area contributed by atoms with Gasteiger partial charge in [0.05, 0.1) is 11.1 Å². The third-order valence-electron chi connectivity index (χ3n) is 5.41. The van der Waals surface area contributed by atoms with Crippen molar-refractivity contribution in [1.82, 2.24) is 0 Å². The van der Waals surface area contributed by atoms with Gasteiger partial charge in [-0.2, -0.15) is 0 Å². The SMILES string of the molecule is O=C(CCc1cccc(CCC(=O)OCCOC(=O)c2ccccc2)c1)OCCOC(=O)c1ccccc1. The van der Waals surface area contributed by atoms with Crippen molar-refractivity contribution < 1.29 is 38.1 Å². The number of rotatable bonds is 14. The minimum Gasteiger partial charge on any atom is -0.462 e. The summed E-state index contributed by atoms with van der Waals surface area (Å²) in [7, 11) is 0. The molecule has 0 heterocycles. The first kappa shape index (κ1) is 28.1. The van der Waals surface area contributed by atoms with Crippen molar-refractivity contribution in [3.8, 4) is 0 Å². The summed E-state index contributed by atoms with van der Waals surface area (Å²) >= 11 is 0. The highest BCUT2D eigenvalue weighted by Crippen LogP contribution is 2.11. The molecule has 0 aliphatic rings. The van der Waals surface area contributed by atoms with Crippen LogP contribution in [0, 0.1) is 0 Å². The van der Waals surface area contributed by atoms with Gasteiger partial charge < -0.3 is 18.9 Å². The first-order chi connectivity index (χ1) is 18.5. The molecule has 0 fully saturated rings. The topological polar surface area (TPSA) is 105 Å². The highest BCUT2D eigenvalue weighted by molar-refractivity contribution is 5.89.